The topological polar surface area (TPSA) is 78.4 Å². The van der Waals surface area contributed by atoms with Crippen LogP contribution in [0.3, 0.4) is 0 Å². The van der Waals surface area contributed by atoms with Gasteiger partial charge >= 0.3 is 5.97 Å². The number of carbonyl (C=O) groups is 2. The summed E-state index contributed by atoms with van der Waals surface area (Å²) in [6.07, 6.45) is 2.78. The number of amides is 1. The van der Waals surface area contributed by atoms with Gasteiger partial charge in [-0.2, -0.15) is 0 Å². The Bertz CT molecular complexity index is 207. The quantitative estimate of drug-likeness (QED) is 0.514. The summed E-state index contributed by atoms with van der Waals surface area (Å²) in [5, 5.41) is 13.9. The predicted molar refractivity (Wildman–Crippen MR) is 57.6 cm³/mol. The second kappa shape index (κ2) is 8.23. The van der Waals surface area contributed by atoms with E-state index < -0.39 is 5.97 Å². The Kier molecular flexibility index (Phi) is 7.62. The Morgan fingerprint density at radius 1 is 1.40 bits per heavy atom. The molecule has 0 fully saturated rings. The van der Waals surface area contributed by atoms with Crippen LogP contribution < -0.4 is 10.6 Å². The largest absolute Gasteiger partial charge is 0.481 e. The van der Waals surface area contributed by atoms with Crippen molar-refractivity contribution in [1.29, 1.82) is 0 Å². The molecule has 0 heterocycles. The van der Waals surface area contributed by atoms with Gasteiger partial charge < -0.3 is 15.7 Å². The lowest BCUT2D eigenvalue weighted by molar-refractivity contribution is -0.137. The van der Waals surface area contributed by atoms with Crippen LogP contribution >= 0.6 is 0 Å². The molecule has 0 aromatic carbocycles. The Balaban J connectivity index is 3.77. The Morgan fingerprint density at radius 3 is 2.53 bits per heavy atom. The molecule has 0 saturated carbocycles. The monoisotopic (exact) mass is 218 g/mol. The van der Waals surface area contributed by atoms with Gasteiger partial charge in [-0.25, -0.2) is 0 Å². The molecule has 0 aliphatic rings. The van der Waals surface area contributed by atoms with Crippen LogP contribution in [0.5, 0.6) is 0 Å². The van der Waals surface area contributed by atoms with Gasteiger partial charge in [0.1, 0.15) is 0 Å². The maximum atomic E-state index is 11.5. The third-order valence-corrected chi connectivity index (χ3v) is 2.15. The summed E-state index contributed by atoms with van der Waals surface area (Å²) in [6, 6.07) is -0.209. The van der Waals surface area contributed by atoms with E-state index in [9.17, 15) is 9.59 Å². The second-order valence-electron chi connectivity index (χ2n) is 3.42. The van der Waals surface area contributed by atoms with Gasteiger partial charge in [-0.15, -0.1) is 0 Å². The molecule has 15 heavy (non-hydrogen) atoms. The van der Waals surface area contributed by atoms with Gasteiger partial charge in [0.25, 0.3) is 0 Å². The minimum atomic E-state index is -0.898. The summed E-state index contributed by atoms with van der Waals surface area (Å²) in [7, 11) is 1.73. The number of carboxylic acids is 1. The molecule has 0 rings (SSSR count). The molecule has 0 spiro atoms. The zero-order chi connectivity index (χ0) is 11.7. The highest BCUT2D eigenvalue weighted by atomic mass is 16.4. The maximum Gasteiger partial charge on any atom is 0.305 e. The van der Waals surface area contributed by atoms with E-state index in [0.717, 1.165) is 19.3 Å². The van der Waals surface area contributed by atoms with Crippen molar-refractivity contribution in [3.05, 3.63) is 0 Å². The number of carbonyl (C=O) groups excluding carboxylic acids is 1. The zero-order valence-corrected chi connectivity index (χ0v) is 9.38. The fourth-order valence-electron chi connectivity index (χ4n) is 1.23. The van der Waals surface area contributed by atoms with Gasteiger partial charge in [-0.1, -0.05) is 19.8 Å². The molecule has 88 valence electrons. The van der Waals surface area contributed by atoms with Gasteiger partial charge in [-0.05, 0) is 13.5 Å². The smallest absolute Gasteiger partial charge is 0.305 e. The number of aliphatic carboxylic acids is 1. The first-order valence-electron chi connectivity index (χ1n) is 5.28. The third kappa shape index (κ3) is 6.90. The zero-order valence-electron chi connectivity index (χ0n) is 9.38. The van der Waals surface area contributed by atoms with E-state index >= 15 is 0 Å². The number of unbranched alkanes of at least 4 members (excludes halogenated alkanes) is 1. The molecular weight excluding hydrogens is 198 g/mol. The molecule has 0 aromatic heterocycles. The highest BCUT2D eigenvalue weighted by Gasteiger charge is 2.14. The van der Waals surface area contributed by atoms with Crippen molar-refractivity contribution in [1.82, 2.24) is 10.6 Å². The van der Waals surface area contributed by atoms with Crippen LogP contribution in [0.4, 0.5) is 0 Å². The molecule has 1 atom stereocenters. The number of nitrogens with one attached hydrogen (secondary N) is 2. The van der Waals surface area contributed by atoms with Crippen LogP contribution in [-0.4, -0.2) is 36.6 Å². The molecule has 1 amide bonds. The normalized spacial score (nSPS) is 12.1. The van der Waals surface area contributed by atoms with Crippen LogP contribution in [-0.2, 0) is 9.59 Å². The lowest BCUT2D eigenvalue weighted by Gasteiger charge is -2.14. The van der Waals surface area contributed by atoms with Crippen molar-refractivity contribution in [3.8, 4) is 0 Å². The van der Waals surface area contributed by atoms with E-state index in [-0.39, 0.29) is 24.9 Å². The molecule has 5 nitrogen and oxygen atoms in total. The standard InChI is InChI=1S/C10H20N2O3/c1-3-4-5-8(11-2)10(15)12-7-6-9(13)14/h8,11H,3-7H2,1-2H3,(H,12,15)(H,13,14)/i1+1,2+1. The highest BCUT2D eigenvalue weighted by molar-refractivity contribution is 5.82. The van der Waals surface area contributed by atoms with Crippen LogP contribution in [0, 0.1) is 0 Å². The van der Waals surface area contributed by atoms with Gasteiger partial charge in [0, 0.05) is 6.54 Å². The lowest BCUT2D eigenvalue weighted by Crippen LogP contribution is -2.43. The maximum absolute atomic E-state index is 11.5. The summed E-state index contributed by atoms with van der Waals surface area (Å²) >= 11 is 0. The molecule has 1 unspecified atom stereocenters. The van der Waals surface area contributed by atoms with Crippen LogP contribution in [0.2, 0.25) is 0 Å². The number of carboxylic acid groups (broad SMARTS) is 1. The first kappa shape index (κ1) is 13.9. The summed E-state index contributed by atoms with van der Waals surface area (Å²) < 4.78 is 0. The van der Waals surface area contributed by atoms with Crippen LogP contribution in [0.1, 0.15) is 32.6 Å². The average Bonchev–Trinajstić information content (AvgIpc) is 2.18. The van der Waals surface area contributed by atoms with E-state index in [1.165, 1.54) is 0 Å². The summed E-state index contributed by atoms with van der Waals surface area (Å²) in [4.78, 5) is 21.7. The highest BCUT2D eigenvalue weighted by Crippen LogP contribution is 2.00. The summed E-state index contributed by atoms with van der Waals surface area (Å²) in [5.74, 6) is -1.02. The first-order valence-corrected chi connectivity index (χ1v) is 5.28. The Morgan fingerprint density at radius 2 is 2.07 bits per heavy atom. The molecule has 0 radical (unpaired) electrons. The van der Waals surface area contributed by atoms with E-state index in [4.69, 9.17) is 5.11 Å². The first-order chi connectivity index (χ1) is 7.11. The van der Waals surface area contributed by atoms with Crippen LogP contribution in [0.25, 0.3) is 0 Å². The number of hydrogen-bond acceptors (Lipinski definition) is 3. The number of rotatable bonds is 8. The molecule has 0 aromatic rings. The summed E-state index contributed by atoms with van der Waals surface area (Å²) in [6.45, 7) is 2.26. The minimum Gasteiger partial charge on any atom is -0.481 e. The third-order valence-electron chi connectivity index (χ3n) is 2.15. The molecule has 0 aliphatic carbocycles. The van der Waals surface area contributed by atoms with Gasteiger partial charge in [0.05, 0.1) is 12.5 Å². The van der Waals surface area contributed by atoms with Gasteiger partial charge in [0.2, 0.25) is 5.91 Å². The van der Waals surface area contributed by atoms with Crippen molar-refractivity contribution in [2.24, 2.45) is 0 Å². The van der Waals surface area contributed by atoms with E-state index in [0.29, 0.717) is 0 Å². The van der Waals surface area contributed by atoms with Gasteiger partial charge in [-0.3, -0.25) is 9.59 Å². The lowest BCUT2D eigenvalue weighted by atomic mass is 10.1. The fourth-order valence-corrected chi connectivity index (χ4v) is 1.23. The van der Waals surface area contributed by atoms with Crippen molar-refractivity contribution in [2.75, 3.05) is 13.6 Å². The second-order valence-corrected chi connectivity index (χ2v) is 3.42. The molecule has 0 bridgehead atoms. The Labute approximate surface area is 90.2 Å². The molecular formula is C10H20N2O3. The fraction of sp³-hybridized carbons (Fsp3) is 0.800. The van der Waals surface area contributed by atoms with Crippen molar-refractivity contribution >= 4 is 11.9 Å². The minimum absolute atomic E-state index is 0.0318. The van der Waals surface area contributed by atoms with Crippen molar-refractivity contribution in [2.45, 2.75) is 38.6 Å². The molecule has 0 aliphatic heterocycles. The van der Waals surface area contributed by atoms with E-state index in [2.05, 4.69) is 17.6 Å². The number of likely N-dealkylation sites (N-methyl/N-ethyl adjacent to an activating group) is 1. The van der Waals surface area contributed by atoms with Crippen LogP contribution in [0.15, 0.2) is 0 Å². The van der Waals surface area contributed by atoms with Crippen molar-refractivity contribution in [3.63, 3.8) is 0 Å². The molecule has 3 N–H and O–H groups in total. The number of hydrogen-bond donors (Lipinski definition) is 3. The predicted octanol–water partition coefficient (Wildman–Crippen LogP) is 0.356. The average molecular weight is 218 g/mol. The van der Waals surface area contributed by atoms with Gasteiger partial charge in [0.15, 0.2) is 0 Å². The Hall–Kier alpha value is -1.10. The SMILES string of the molecule is [13CH3]CCCC(N[13CH3])C(=O)NCCC(=O)O. The van der Waals surface area contributed by atoms with E-state index in [1.54, 1.807) is 7.05 Å². The van der Waals surface area contributed by atoms with E-state index in [1.807, 2.05) is 0 Å². The summed E-state index contributed by atoms with van der Waals surface area (Å²) in [5.41, 5.74) is 0. The van der Waals surface area contributed by atoms with Crippen molar-refractivity contribution < 1.29 is 14.7 Å². The molecule has 0 saturated heterocycles. The molecule has 5 heteroatoms.